The first-order chi connectivity index (χ1) is 16.1. The van der Waals surface area contributed by atoms with E-state index in [-0.39, 0.29) is 23.2 Å². The number of allylic oxidation sites excluding steroid dienone is 1. The highest BCUT2D eigenvalue weighted by Gasteiger charge is 2.33. The highest BCUT2D eigenvalue weighted by molar-refractivity contribution is 7.77. The molecule has 2 N–H and O–H groups in total. The van der Waals surface area contributed by atoms with Gasteiger partial charge in [-0.1, -0.05) is 45.0 Å². The van der Waals surface area contributed by atoms with Crippen molar-refractivity contribution in [1.29, 1.82) is 0 Å². The molecule has 11 heteroatoms. The van der Waals surface area contributed by atoms with E-state index in [0.29, 0.717) is 11.1 Å². The van der Waals surface area contributed by atoms with Crippen LogP contribution in [0.1, 0.15) is 74.7 Å². The van der Waals surface area contributed by atoms with E-state index in [9.17, 15) is 31.1 Å². The summed E-state index contributed by atoms with van der Waals surface area (Å²) < 4.78 is 77.6. The molecule has 1 heterocycles. The Kier molecular flexibility index (Phi) is 9.32. The summed E-state index contributed by atoms with van der Waals surface area (Å²) in [5.41, 5.74) is -0.359. The van der Waals surface area contributed by atoms with Gasteiger partial charge < -0.3 is 9.87 Å². The number of carbonyl (C=O) groups is 1. The zero-order valence-corrected chi connectivity index (χ0v) is 20.8. The van der Waals surface area contributed by atoms with Crippen molar-refractivity contribution in [2.24, 2.45) is 5.41 Å². The Bertz CT molecular complexity index is 1110. The number of rotatable bonds is 8. The maximum absolute atomic E-state index is 14.5. The van der Waals surface area contributed by atoms with Crippen molar-refractivity contribution in [3.8, 4) is 0 Å². The lowest BCUT2D eigenvalue weighted by Crippen LogP contribution is -2.28. The van der Waals surface area contributed by atoms with Gasteiger partial charge in [-0.2, -0.15) is 13.2 Å². The van der Waals surface area contributed by atoms with E-state index in [1.54, 1.807) is 13.0 Å². The van der Waals surface area contributed by atoms with Crippen LogP contribution in [0.25, 0.3) is 6.08 Å². The number of hydrogen-bond acceptors (Lipinski definition) is 4. The third kappa shape index (κ3) is 8.52. The van der Waals surface area contributed by atoms with Gasteiger partial charge in [-0.15, -0.1) is 0 Å². The van der Waals surface area contributed by atoms with Gasteiger partial charge in [-0.25, -0.2) is 14.1 Å². The minimum absolute atomic E-state index is 0.0744. The number of halogens is 4. The summed E-state index contributed by atoms with van der Waals surface area (Å²) in [6.45, 7) is 8.64. The molecule has 3 atom stereocenters. The molecule has 2 rings (SSSR count). The smallest absolute Gasteiger partial charge is 0.433 e. The van der Waals surface area contributed by atoms with Crippen LogP contribution in [-0.2, 0) is 28.8 Å². The first kappa shape index (κ1) is 28.6. The predicted molar refractivity (Wildman–Crippen MR) is 125 cm³/mol. The van der Waals surface area contributed by atoms with Gasteiger partial charge in [0.05, 0.1) is 11.6 Å². The summed E-state index contributed by atoms with van der Waals surface area (Å²) in [6.07, 6.45) is -1.38. The number of pyridine rings is 1. The quantitative estimate of drug-likeness (QED) is 0.376. The van der Waals surface area contributed by atoms with Gasteiger partial charge >= 0.3 is 6.18 Å². The molecule has 0 aliphatic carbocycles. The van der Waals surface area contributed by atoms with E-state index in [1.165, 1.54) is 31.2 Å². The van der Waals surface area contributed by atoms with E-state index >= 15 is 0 Å². The van der Waals surface area contributed by atoms with Crippen LogP contribution >= 0.6 is 0 Å². The summed E-state index contributed by atoms with van der Waals surface area (Å²) in [6, 6.07) is 5.41. The molecule has 6 nitrogen and oxygen atoms in total. The van der Waals surface area contributed by atoms with E-state index in [1.807, 2.05) is 20.8 Å². The van der Waals surface area contributed by atoms with E-state index in [0.717, 1.165) is 12.1 Å². The third-order valence-electron chi connectivity index (χ3n) is 5.15. The standard InChI is InChI=1S/C24H29F4N3O3S/c1-14(16-6-8-18(19(25)12-16)15(2)31-35(33)34)22(32)29-13-17-7-9-21(24(26,27)28)30-20(17)10-11-23(3,4)5/h6-12,14-15,31H,13H2,1-5H3,(H,29,32)(H,33,34)/p-1/b11-10+. The summed E-state index contributed by atoms with van der Waals surface area (Å²) in [5, 5.41) is 2.67. The maximum atomic E-state index is 14.5. The minimum Gasteiger partial charge on any atom is -0.760 e. The summed E-state index contributed by atoms with van der Waals surface area (Å²) in [7, 11) is 0. The Labute approximate surface area is 204 Å². The molecule has 0 aliphatic rings. The molecule has 0 fully saturated rings. The lowest BCUT2D eigenvalue weighted by molar-refractivity contribution is -0.141. The summed E-state index contributed by atoms with van der Waals surface area (Å²) in [4.78, 5) is 16.4. The third-order valence-corrected chi connectivity index (χ3v) is 5.70. The van der Waals surface area contributed by atoms with Crippen molar-refractivity contribution in [2.75, 3.05) is 0 Å². The molecule has 0 spiro atoms. The fourth-order valence-corrected chi connectivity index (χ4v) is 3.56. The first-order valence-electron chi connectivity index (χ1n) is 10.8. The number of hydrogen-bond donors (Lipinski definition) is 2. The van der Waals surface area contributed by atoms with E-state index in [4.69, 9.17) is 0 Å². The summed E-state index contributed by atoms with van der Waals surface area (Å²) in [5.74, 6) is -1.91. The summed E-state index contributed by atoms with van der Waals surface area (Å²) >= 11 is -2.57. The Morgan fingerprint density at radius 3 is 2.37 bits per heavy atom. The molecule has 0 radical (unpaired) electrons. The number of nitrogens with one attached hydrogen (secondary N) is 2. The number of aromatic nitrogens is 1. The Balaban J connectivity index is 2.20. The largest absolute Gasteiger partial charge is 0.760 e. The molecule has 1 aromatic carbocycles. The second-order valence-corrected chi connectivity index (χ2v) is 9.94. The van der Waals surface area contributed by atoms with Crippen LogP contribution in [0.5, 0.6) is 0 Å². The predicted octanol–water partition coefficient (Wildman–Crippen LogP) is 5.16. The highest BCUT2D eigenvalue weighted by atomic mass is 32.2. The molecule has 1 amide bonds. The monoisotopic (exact) mass is 514 g/mol. The second kappa shape index (κ2) is 11.4. The number of amides is 1. The van der Waals surface area contributed by atoms with Gasteiger partial charge in [0.2, 0.25) is 5.91 Å². The SMILES string of the molecule is CC(NS(=O)[O-])c1ccc(C(C)C(=O)NCc2ccc(C(F)(F)F)nc2/C=C/C(C)(C)C)cc1F. The van der Waals surface area contributed by atoms with Crippen molar-refractivity contribution >= 4 is 23.2 Å². The highest BCUT2D eigenvalue weighted by Crippen LogP contribution is 2.29. The fraction of sp³-hybridized carbons (Fsp3) is 0.417. The molecule has 192 valence electrons. The Morgan fingerprint density at radius 1 is 1.17 bits per heavy atom. The molecule has 0 saturated heterocycles. The number of carbonyl (C=O) groups excluding carboxylic acids is 1. The second-order valence-electron chi connectivity index (χ2n) is 9.23. The van der Waals surface area contributed by atoms with Crippen LogP contribution in [0.4, 0.5) is 17.6 Å². The Hall–Kier alpha value is -2.63. The zero-order valence-electron chi connectivity index (χ0n) is 20.0. The van der Waals surface area contributed by atoms with Crippen LogP contribution in [0, 0.1) is 11.2 Å². The van der Waals surface area contributed by atoms with Gasteiger partial charge in [0.15, 0.2) is 0 Å². The van der Waals surface area contributed by atoms with Crippen LogP contribution in [0.2, 0.25) is 0 Å². The topological polar surface area (TPSA) is 94.1 Å². The van der Waals surface area contributed by atoms with E-state index < -0.39 is 46.8 Å². The molecule has 3 unspecified atom stereocenters. The van der Waals surface area contributed by atoms with Crippen LogP contribution < -0.4 is 10.0 Å². The lowest BCUT2D eigenvalue weighted by atomic mass is 9.95. The maximum Gasteiger partial charge on any atom is 0.433 e. The number of benzene rings is 1. The van der Waals surface area contributed by atoms with Crippen LogP contribution in [-0.4, -0.2) is 19.7 Å². The molecule has 1 aromatic heterocycles. The van der Waals surface area contributed by atoms with Crippen molar-refractivity contribution in [2.45, 2.75) is 59.3 Å². The van der Waals surface area contributed by atoms with E-state index in [2.05, 4.69) is 15.0 Å². The van der Waals surface area contributed by atoms with Crippen molar-refractivity contribution in [3.63, 3.8) is 0 Å². The number of nitrogens with zero attached hydrogens (tertiary/aromatic N) is 1. The molecule has 35 heavy (non-hydrogen) atoms. The average Bonchev–Trinajstić information content (AvgIpc) is 2.73. The average molecular weight is 515 g/mol. The van der Waals surface area contributed by atoms with Crippen LogP contribution in [0.3, 0.4) is 0 Å². The van der Waals surface area contributed by atoms with Gasteiger partial charge in [0, 0.05) is 29.4 Å². The zero-order chi connectivity index (χ0) is 26.6. The van der Waals surface area contributed by atoms with Gasteiger partial charge in [0.25, 0.3) is 0 Å². The molecule has 0 aliphatic heterocycles. The fourth-order valence-electron chi connectivity index (χ4n) is 3.14. The molecular formula is C24H28F4N3O3S-. The van der Waals surface area contributed by atoms with Gasteiger partial charge in [-0.3, -0.25) is 9.00 Å². The molecule has 0 bridgehead atoms. The minimum atomic E-state index is -4.60. The van der Waals surface area contributed by atoms with Gasteiger partial charge in [0.1, 0.15) is 11.5 Å². The normalized spacial score (nSPS) is 15.1. The Morgan fingerprint density at radius 2 is 1.83 bits per heavy atom. The van der Waals surface area contributed by atoms with Crippen molar-refractivity contribution in [3.05, 3.63) is 70.3 Å². The lowest BCUT2D eigenvalue weighted by Gasteiger charge is -2.19. The van der Waals surface area contributed by atoms with Crippen molar-refractivity contribution < 1.29 is 31.1 Å². The first-order valence-corrected chi connectivity index (χ1v) is 11.8. The molecular weight excluding hydrogens is 486 g/mol. The molecule has 2 aromatic rings. The molecule has 0 saturated carbocycles. The van der Waals surface area contributed by atoms with Gasteiger partial charge in [-0.05, 0) is 48.6 Å². The number of alkyl halides is 3. The van der Waals surface area contributed by atoms with Crippen LogP contribution in [0.15, 0.2) is 36.4 Å². The van der Waals surface area contributed by atoms with Crippen molar-refractivity contribution in [1.82, 2.24) is 15.0 Å².